The largest absolute Gasteiger partial charge is 0.147 e. The van der Waals surface area contributed by atoms with Crippen molar-refractivity contribution < 1.29 is 0 Å². The van der Waals surface area contributed by atoms with Crippen LogP contribution in [0.5, 0.6) is 0 Å². The van der Waals surface area contributed by atoms with Crippen LogP contribution < -0.4 is 0 Å². The summed E-state index contributed by atoms with van der Waals surface area (Å²) in [4.78, 5) is 1.31. The minimum Gasteiger partial charge on any atom is -0.147 e. The highest BCUT2D eigenvalue weighted by molar-refractivity contribution is 7.10. The van der Waals surface area contributed by atoms with Crippen LogP contribution in [0.25, 0.3) is 0 Å². The van der Waals surface area contributed by atoms with Crippen molar-refractivity contribution in [3.8, 4) is 0 Å². The lowest BCUT2D eigenvalue weighted by Crippen LogP contribution is -2.13. The van der Waals surface area contributed by atoms with Crippen LogP contribution in [0.15, 0.2) is 11.4 Å². The van der Waals surface area contributed by atoms with E-state index >= 15 is 0 Å². The van der Waals surface area contributed by atoms with Crippen molar-refractivity contribution in [2.45, 2.75) is 32.6 Å². The van der Waals surface area contributed by atoms with Crippen molar-refractivity contribution in [1.29, 1.82) is 0 Å². The quantitative estimate of drug-likeness (QED) is 0.656. The minimum atomic E-state index is 0.241. The number of hydrogen-bond acceptors (Lipinski definition) is 1. The highest BCUT2D eigenvalue weighted by Gasteiger charge is 2.21. The van der Waals surface area contributed by atoms with Crippen molar-refractivity contribution in [2.75, 3.05) is 0 Å². The van der Waals surface area contributed by atoms with E-state index in [1.54, 1.807) is 11.3 Å². The Kier molecular flexibility index (Phi) is 2.61. The molecule has 0 aromatic carbocycles. The normalized spacial score (nSPS) is 12.0. The SMILES string of the molecule is CCC(C)(C)c1sccc1Cl. The molecular weight excluding hydrogens is 176 g/mol. The van der Waals surface area contributed by atoms with E-state index in [0.29, 0.717) is 0 Å². The Morgan fingerprint density at radius 2 is 2.18 bits per heavy atom. The molecule has 0 N–H and O–H groups in total. The topological polar surface area (TPSA) is 0 Å². The predicted molar refractivity (Wildman–Crippen MR) is 52.6 cm³/mol. The standard InChI is InChI=1S/C9H13ClS/c1-4-9(2,3)8-7(10)5-6-11-8/h5-6H,4H2,1-3H3. The van der Waals surface area contributed by atoms with Crippen LogP contribution in [0.3, 0.4) is 0 Å². The molecule has 0 nitrogen and oxygen atoms in total. The van der Waals surface area contributed by atoms with Crippen LogP contribution >= 0.6 is 22.9 Å². The second-order valence-electron chi connectivity index (χ2n) is 3.34. The number of hydrogen-bond donors (Lipinski definition) is 0. The van der Waals surface area contributed by atoms with E-state index in [-0.39, 0.29) is 5.41 Å². The Morgan fingerprint density at radius 3 is 2.55 bits per heavy atom. The Balaban J connectivity index is 3.00. The van der Waals surface area contributed by atoms with Gasteiger partial charge in [0.2, 0.25) is 0 Å². The van der Waals surface area contributed by atoms with Crippen LogP contribution in [0.4, 0.5) is 0 Å². The molecule has 0 aliphatic carbocycles. The number of rotatable bonds is 2. The molecular formula is C9H13ClS. The molecule has 1 aromatic rings. The van der Waals surface area contributed by atoms with Gasteiger partial charge in [-0.2, -0.15) is 0 Å². The van der Waals surface area contributed by atoms with Gasteiger partial charge in [-0.15, -0.1) is 11.3 Å². The molecule has 0 atom stereocenters. The molecule has 1 rings (SSSR count). The Hall–Kier alpha value is -0.0100. The lowest BCUT2D eigenvalue weighted by molar-refractivity contribution is 0.517. The Labute approximate surface area is 77.2 Å². The summed E-state index contributed by atoms with van der Waals surface area (Å²) in [7, 11) is 0. The maximum absolute atomic E-state index is 6.01. The highest BCUT2D eigenvalue weighted by Crippen LogP contribution is 2.36. The minimum absolute atomic E-state index is 0.241. The van der Waals surface area contributed by atoms with Gasteiger partial charge in [0.1, 0.15) is 0 Å². The second-order valence-corrected chi connectivity index (χ2v) is 4.66. The van der Waals surface area contributed by atoms with E-state index in [9.17, 15) is 0 Å². The lowest BCUT2D eigenvalue weighted by atomic mass is 9.89. The first-order valence-electron chi connectivity index (χ1n) is 3.81. The van der Waals surface area contributed by atoms with Gasteiger partial charge in [-0.3, -0.25) is 0 Å². The van der Waals surface area contributed by atoms with Crippen LogP contribution in [0.1, 0.15) is 32.1 Å². The van der Waals surface area contributed by atoms with Gasteiger partial charge >= 0.3 is 0 Å². The molecule has 0 aliphatic heterocycles. The summed E-state index contributed by atoms with van der Waals surface area (Å²) < 4.78 is 0. The van der Waals surface area contributed by atoms with E-state index in [1.807, 2.05) is 6.07 Å². The monoisotopic (exact) mass is 188 g/mol. The van der Waals surface area contributed by atoms with Gasteiger partial charge in [0.05, 0.1) is 5.02 Å². The van der Waals surface area contributed by atoms with Crippen LogP contribution in [0, 0.1) is 0 Å². The van der Waals surface area contributed by atoms with Gasteiger partial charge in [-0.05, 0) is 17.9 Å². The summed E-state index contributed by atoms with van der Waals surface area (Å²) >= 11 is 7.76. The zero-order chi connectivity index (χ0) is 8.48. The molecule has 2 heteroatoms. The van der Waals surface area contributed by atoms with E-state index in [0.717, 1.165) is 11.4 Å². The van der Waals surface area contributed by atoms with Gasteiger partial charge in [-0.1, -0.05) is 32.4 Å². The first kappa shape index (κ1) is 9.08. The molecule has 1 heterocycles. The molecule has 0 saturated heterocycles. The fourth-order valence-corrected chi connectivity index (χ4v) is 2.45. The average molecular weight is 189 g/mol. The number of halogens is 1. The molecule has 0 amide bonds. The predicted octanol–water partition coefficient (Wildman–Crippen LogP) is 4.09. The van der Waals surface area contributed by atoms with E-state index in [2.05, 4.69) is 26.2 Å². The summed E-state index contributed by atoms with van der Waals surface area (Å²) in [5, 5.41) is 2.97. The molecule has 0 fully saturated rings. The molecule has 0 aliphatic rings. The summed E-state index contributed by atoms with van der Waals surface area (Å²) in [6.45, 7) is 6.64. The van der Waals surface area contributed by atoms with E-state index in [4.69, 9.17) is 11.6 Å². The molecule has 62 valence electrons. The summed E-state index contributed by atoms with van der Waals surface area (Å²) in [6.07, 6.45) is 1.13. The van der Waals surface area contributed by atoms with Crippen molar-refractivity contribution in [2.24, 2.45) is 0 Å². The van der Waals surface area contributed by atoms with Gasteiger partial charge < -0.3 is 0 Å². The second kappa shape index (κ2) is 3.16. The summed E-state index contributed by atoms with van der Waals surface area (Å²) in [6, 6.07) is 1.97. The molecule has 1 aromatic heterocycles. The van der Waals surface area contributed by atoms with Crippen LogP contribution in [-0.4, -0.2) is 0 Å². The average Bonchev–Trinajstić information content (AvgIpc) is 2.36. The highest BCUT2D eigenvalue weighted by atomic mass is 35.5. The smallest absolute Gasteiger partial charge is 0.0550 e. The van der Waals surface area contributed by atoms with Gasteiger partial charge in [-0.25, -0.2) is 0 Å². The Morgan fingerprint density at radius 1 is 1.55 bits per heavy atom. The first-order chi connectivity index (χ1) is 5.08. The summed E-state index contributed by atoms with van der Waals surface area (Å²) in [5.41, 5.74) is 0.241. The maximum atomic E-state index is 6.01. The van der Waals surface area contributed by atoms with Gasteiger partial charge in [0.15, 0.2) is 0 Å². The number of thiophene rings is 1. The van der Waals surface area contributed by atoms with Crippen molar-refractivity contribution in [1.82, 2.24) is 0 Å². The molecule has 0 bridgehead atoms. The zero-order valence-electron chi connectivity index (χ0n) is 7.15. The van der Waals surface area contributed by atoms with E-state index < -0.39 is 0 Å². The first-order valence-corrected chi connectivity index (χ1v) is 5.07. The zero-order valence-corrected chi connectivity index (χ0v) is 8.72. The van der Waals surface area contributed by atoms with Crippen molar-refractivity contribution in [3.05, 3.63) is 21.3 Å². The third-order valence-electron chi connectivity index (χ3n) is 2.12. The summed E-state index contributed by atoms with van der Waals surface area (Å²) in [5.74, 6) is 0. The fraction of sp³-hybridized carbons (Fsp3) is 0.556. The van der Waals surface area contributed by atoms with Crippen LogP contribution in [-0.2, 0) is 5.41 Å². The van der Waals surface area contributed by atoms with Crippen molar-refractivity contribution in [3.63, 3.8) is 0 Å². The third-order valence-corrected chi connectivity index (χ3v) is 3.82. The molecule has 0 unspecified atom stereocenters. The third kappa shape index (κ3) is 1.77. The lowest BCUT2D eigenvalue weighted by Gasteiger charge is -2.21. The maximum Gasteiger partial charge on any atom is 0.0550 e. The van der Waals surface area contributed by atoms with Gasteiger partial charge in [0, 0.05) is 10.3 Å². The molecule has 11 heavy (non-hydrogen) atoms. The Bertz CT molecular complexity index is 237. The van der Waals surface area contributed by atoms with Crippen molar-refractivity contribution >= 4 is 22.9 Å². The van der Waals surface area contributed by atoms with Crippen LogP contribution in [0.2, 0.25) is 5.02 Å². The molecule has 0 radical (unpaired) electrons. The molecule has 0 saturated carbocycles. The van der Waals surface area contributed by atoms with E-state index in [1.165, 1.54) is 4.88 Å². The van der Waals surface area contributed by atoms with Gasteiger partial charge in [0.25, 0.3) is 0 Å². The molecule has 0 spiro atoms. The fourth-order valence-electron chi connectivity index (χ4n) is 0.937.